The van der Waals surface area contributed by atoms with Gasteiger partial charge in [-0.25, -0.2) is 9.07 Å². The van der Waals surface area contributed by atoms with E-state index in [0.717, 1.165) is 36.5 Å². The second-order valence-corrected chi connectivity index (χ2v) is 8.54. The first-order valence-corrected chi connectivity index (χ1v) is 11.2. The van der Waals surface area contributed by atoms with Gasteiger partial charge >= 0.3 is 0 Å². The average molecular weight is 443 g/mol. The third kappa shape index (κ3) is 4.85. The fraction of sp³-hybridized carbons (Fsp3) is 0.417. The van der Waals surface area contributed by atoms with Gasteiger partial charge in [-0.3, -0.25) is 0 Å². The van der Waals surface area contributed by atoms with Crippen molar-refractivity contribution in [3.63, 3.8) is 0 Å². The Bertz CT molecular complexity index is 1030. The number of hydrogen-bond donors (Lipinski definition) is 0. The van der Waals surface area contributed by atoms with Crippen molar-refractivity contribution in [2.24, 2.45) is 5.92 Å². The first kappa shape index (κ1) is 21.6. The number of hydrogen-bond acceptors (Lipinski definition) is 4. The van der Waals surface area contributed by atoms with E-state index in [1.807, 2.05) is 31.2 Å². The van der Waals surface area contributed by atoms with Crippen molar-refractivity contribution in [3.8, 4) is 11.4 Å². The van der Waals surface area contributed by atoms with E-state index in [2.05, 4.69) is 11.8 Å². The topological polar surface area (TPSA) is 43.2 Å². The molecule has 1 aliphatic rings. The molecule has 0 spiro atoms. The fourth-order valence-corrected chi connectivity index (χ4v) is 4.20. The van der Waals surface area contributed by atoms with E-state index in [1.54, 1.807) is 17.9 Å². The Morgan fingerprint density at radius 1 is 1.23 bits per heavy atom. The highest BCUT2D eigenvalue weighted by Crippen LogP contribution is 2.41. The van der Waals surface area contributed by atoms with Gasteiger partial charge < -0.3 is 9.64 Å². The molecule has 1 heterocycles. The van der Waals surface area contributed by atoms with Gasteiger partial charge in [0.2, 0.25) is 5.95 Å². The number of anilines is 1. The van der Waals surface area contributed by atoms with E-state index < -0.39 is 0 Å². The van der Waals surface area contributed by atoms with E-state index in [1.165, 1.54) is 25.0 Å². The molecule has 0 N–H and O–H groups in total. The van der Waals surface area contributed by atoms with Gasteiger partial charge in [0.15, 0.2) is 0 Å². The minimum Gasteiger partial charge on any atom is -0.497 e. The second kappa shape index (κ2) is 9.27. The predicted octanol–water partition coefficient (Wildman–Crippen LogP) is 6.13. The Morgan fingerprint density at radius 2 is 1.97 bits per heavy atom. The molecule has 1 saturated carbocycles. The zero-order valence-electron chi connectivity index (χ0n) is 18.2. The molecule has 5 nitrogen and oxygen atoms in total. The SMILES string of the molecule is CCCN(c1nc(C)n(-c2ccc(OC)cc2Cl)n1)C(CC1CC1)c1ccc(F)cc1. The first-order valence-electron chi connectivity index (χ1n) is 10.8. The maximum absolute atomic E-state index is 13.6. The van der Waals surface area contributed by atoms with Gasteiger partial charge in [-0.05, 0) is 55.5 Å². The lowest BCUT2D eigenvalue weighted by Crippen LogP contribution is -2.31. The number of nitrogens with zero attached hydrogens (tertiary/aromatic N) is 4. The monoisotopic (exact) mass is 442 g/mol. The van der Waals surface area contributed by atoms with Gasteiger partial charge in [-0.1, -0.05) is 43.5 Å². The Balaban J connectivity index is 1.71. The van der Waals surface area contributed by atoms with Crippen LogP contribution in [0.4, 0.5) is 10.3 Å². The first-order chi connectivity index (χ1) is 15.0. The van der Waals surface area contributed by atoms with E-state index in [0.29, 0.717) is 22.6 Å². The van der Waals surface area contributed by atoms with Crippen LogP contribution in [0, 0.1) is 18.7 Å². The van der Waals surface area contributed by atoms with E-state index in [4.69, 9.17) is 26.4 Å². The molecule has 31 heavy (non-hydrogen) atoms. The van der Waals surface area contributed by atoms with Crippen LogP contribution in [-0.2, 0) is 0 Å². The molecule has 0 saturated heterocycles. The van der Waals surface area contributed by atoms with Crippen LogP contribution in [0.2, 0.25) is 5.02 Å². The molecule has 0 aliphatic heterocycles. The largest absolute Gasteiger partial charge is 0.497 e. The van der Waals surface area contributed by atoms with Crippen LogP contribution in [0.1, 0.15) is 50.0 Å². The van der Waals surface area contributed by atoms with Gasteiger partial charge in [0.25, 0.3) is 0 Å². The maximum Gasteiger partial charge on any atom is 0.245 e. The summed E-state index contributed by atoms with van der Waals surface area (Å²) in [5.41, 5.74) is 1.86. The predicted molar refractivity (Wildman–Crippen MR) is 122 cm³/mol. The highest BCUT2D eigenvalue weighted by atomic mass is 35.5. The third-order valence-corrected chi connectivity index (χ3v) is 6.05. The summed E-state index contributed by atoms with van der Waals surface area (Å²) >= 11 is 6.50. The Morgan fingerprint density at radius 3 is 2.58 bits per heavy atom. The highest BCUT2D eigenvalue weighted by molar-refractivity contribution is 6.32. The molecular formula is C24H28ClFN4O. The smallest absolute Gasteiger partial charge is 0.245 e. The molecule has 1 unspecified atom stereocenters. The molecule has 0 amide bonds. The minimum atomic E-state index is -0.219. The van der Waals surface area contributed by atoms with Gasteiger partial charge in [0, 0.05) is 12.6 Å². The molecule has 1 aliphatic carbocycles. The standard InChI is InChI=1S/C24H28ClFN4O/c1-4-13-29(23(14-17-5-6-17)18-7-9-19(26)10-8-18)24-27-16(2)30(28-24)22-12-11-20(31-3)15-21(22)25/h7-12,15,17,23H,4-6,13-14H2,1-3H3. The quantitative estimate of drug-likeness (QED) is 0.399. The van der Waals surface area contributed by atoms with Crippen molar-refractivity contribution < 1.29 is 9.13 Å². The highest BCUT2D eigenvalue weighted by Gasteiger charge is 2.31. The van der Waals surface area contributed by atoms with Crippen LogP contribution in [0.3, 0.4) is 0 Å². The summed E-state index contributed by atoms with van der Waals surface area (Å²) in [6.07, 6.45) is 4.47. The van der Waals surface area contributed by atoms with Crippen LogP contribution < -0.4 is 9.64 Å². The zero-order chi connectivity index (χ0) is 22.0. The number of methoxy groups -OCH3 is 1. The molecule has 164 valence electrons. The number of halogens is 2. The van der Waals surface area contributed by atoms with Gasteiger partial charge in [0.05, 0.1) is 23.9 Å². The molecular weight excluding hydrogens is 415 g/mol. The third-order valence-electron chi connectivity index (χ3n) is 5.75. The average Bonchev–Trinajstić information content (AvgIpc) is 3.51. The van der Waals surface area contributed by atoms with Crippen LogP contribution in [0.5, 0.6) is 5.75 Å². The second-order valence-electron chi connectivity index (χ2n) is 8.13. The van der Waals surface area contributed by atoms with Gasteiger partial charge in [0.1, 0.15) is 17.4 Å². The lowest BCUT2D eigenvalue weighted by Gasteiger charge is -2.31. The molecule has 0 radical (unpaired) electrons. The maximum atomic E-state index is 13.6. The van der Waals surface area contributed by atoms with Crippen LogP contribution in [-0.4, -0.2) is 28.4 Å². The molecule has 2 aromatic carbocycles. The summed E-state index contributed by atoms with van der Waals surface area (Å²) in [4.78, 5) is 7.05. The summed E-state index contributed by atoms with van der Waals surface area (Å²) in [6.45, 7) is 4.89. The Kier molecular flexibility index (Phi) is 6.46. The Hall–Kier alpha value is -2.60. The minimum absolute atomic E-state index is 0.106. The summed E-state index contributed by atoms with van der Waals surface area (Å²) in [7, 11) is 1.61. The van der Waals surface area contributed by atoms with Crippen LogP contribution in [0.15, 0.2) is 42.5 Å². The number of rotatable bonds is 9. The number of aromatic nitrogens is 3. The Labute approximate surface area is 187 Å². The van der Waals surface area contributed by atoms with Crippen molar-refractivity contribution in [3.05, 3.63) is 64.7 Å². The van der Waals surface area contributed by atoms with Crippen molar-refractivity contribution >= 4 is 17.5 Å². The molecule has 1 atom stereocenters. The van der Waals surface area contributed by atoms with Crippen molar-refractivity contribution in [2.45, 2.75) is 45.6 Å². The zero-order valence-corrected chi connectivity index (χ0v) is 18.9. The number of ether oxygens (including phenoxy) is 1. The van der Waals surface area contributed by atoms with Crippen molar-refractivity contribution in [1.29, 1.82) is 0 Å². The van der Waals surface area contributed by atoms with Gasteiger partial charge in [-0.2, -0.15) is 4.98 Å². The lowest BCUT2D eigenvalue weighted by atomic mass is 9.99. The molecule has 1 fully saturated rings. The van der Waals surface area contributed by atoms with Crippen molar-refractivity contribution in [2.75, 3.05) is 18.6 Å². The van der Waals surface area contributed by atoms with Crippen LogP contribution >= 0.6 is 11.6 Å². The number of aryl methyl sites for hydroxylation is 1. The van der Waals surface area contributed by atoms with E-state index >= 15 is 0 Å². The summed E-state index contributed by atoms with van der Waals surface area (Å²) < 4.78 is 20.6. The van der Waals surface area contributed by atoms with Gasteiger partial charge in [-0.15, -0.1) is 5.10 Å². The van der Waals surface area contributed by atoms with Crippen LogP contribution in [0.25, 0.3) is 5.69 Å². The summed E-state index contributed by atoms with van der Waals surface area (Å²) in [6, 6.07) is 12.5. The fourth-order valence-electron chi connectivity index (χ4n) is 3.95. The lowest BCUT2D eigenvalue weighted by molar-refractivity contribution is 0.414. The molecule has 3 aromatic rings. The van der Waals surface area contributed by atoms with E-state index in [9.17, 15) is 4.39 Å². The van der Waals surface area contributed by atoms with E-state index in [-0.39, 0.29) is 11.9 Å². The van der Waals surface area contributed by atoms with Crippen molar-refractivity contribution in [1.82, 2.24) is 14.8 Å². The molecule has 4 rings (SSSR count). The molecule has 0 bridgehead atoms. The normalized spacial score (nSPS) is 14.5. The number of benzene rings is 2. The molecule has 1 aromatic heterocycles. The molecule has 7 heteroatoms. The summed E-state index contributed by atoms with van der Waals surface area (Å²) in [5, 5.41) is 5.39. The summed E-state index contributed by atoms with van der Waals surface area (Å²) in [5.74, 6) is 2.60.